The van der Waals surface area contributed by atoms with Crippen LogP contribution in [0.5, 0.6) is 0 Å². The lowest BCUT2D eigenvalue weighted by molar-refractivity contribution is 0.502. The molecule has 4 heteroatoms. The van der Waals surface area contributed by atoms with Crippen LogP contribution in [0.4, 0.5) is 0 Å². The molecule has 14 heavy (non-hydrogen) atoms. The Balaban J connectivity index is 2.15. The molecule has 1 aromatic heterocycles. The van der Waals surface area contributed by atoms with Gasteiger partial charge in [0.25, 0.3) is 0 Å². The summed E-state index contributed by atoms with van der Waals surface area (Å²) in [5.41, 5.74) is 1.23. The van der Waals surface area contributed by atoms with E-state index in [2.05, 4.69) is 17.3 Å². The Bertz CT molecular complexity index is 260. The summed E-state index contributed by atoms with van der Waals surface area (Å²) in [5.74, 6) is 1.39. The Morgan fingerprint density at radius 3 is 3.00 bits per heavy atom. The first-order valence-electron chi connectivity index (χ1n) is 4.96. The third-order valence-electron chi connectivity index (χ3n) is 2.18. The molecule has 1 aromatic rings. The fourth-order valence-corrected chi connectivity index (χ4v) is 1.69. The van der Waals surface area contributed by atoms with Crippen molar-refractivity contribution < 1.29 is 0 Å². The molecule has 1 N–H and O–H groups in total. The van der Waals surface area contributed by atoms with E-state index in [1.54, 1.807) is 0 Å². The van der Waals surface area contributed by atoms with Crippen LogP contribution in [0.2, 0.25) is 0 Å². The average Bonchev–Trinajstić information content (AvgIpc) is 2.52. The van der Waals surface area contributed by atoms with Gasteiger partial charge in [-0.05, 0) is 18.9 Å². The van der Waals surface area contributed by atoms with Crippen LogP contribution in [0, 0.1) is 5.92 Å². The van der Waals surface area contributed by atoms with E-state index in [1.165, 1.54) is 5.56 Å². The normalized spacial score (nSPS) is 13.1. The molecule has 80 valence electrons. The maximum Gasteiger partial charge on any atom is 0.0534 e. The Kier molecular flexibility index (Phi) is 4.98. The summed E-state index contributed by atoms with van der Waals surface area (Å²) < 4.78 is 1.82. The largest absolute Gasteiger partial charge is 0.312 e. The van der Waals surface area contributed by atoms with E-state index in [0.29, 0.717) is 5.92 Å². The van der Waals surface area contributed by atoms with Crippen molar-refractivity contribution in [3.05, 3.63) is 18.0 Å². The minimum absolute atomic E-state index is 0.643. The van der Waals surface area contributed by atoms with Gasteiger partial charge in [-0.3, -0.25) is 4.68 Å². The van der Waals surface area contributed by atoms with Gasteiger partial charge in [0.1, 0.15) is 0 Å². The molecular weight excluding hydrogens is 198 g/mol. The lowest BCUT2D eigenvalue weighted by Gasteiger charge is -2.09. The van der Waals surface area contributed by atoms with E-state index in [4.69, 9.17) is 11.6 Å². The van der Waals surface area contributed by atoms with Gasteiger partial charge >= 0.3 is 0 Å². The molecule has 0 radical (unpaired) electrons. The number of aromatic nitrogens is 2. The van der Waals surface area contributed by atoms with Crippen molar-refractivity contribution in [1.29, 1.82) is 0 Å². The predicted molar refractivity (Wildman–Crippen MR) is 59.4 cm³/mol. The standard InChI is InChI=1S/C10H18ClN3/c1-9(3-4-11)5-12-6-10-7-13-14(2)8-10/h7-9,12H,3-6H2,1-2H3. The van der Waals surface area contributed by atoms with Crippen LogP contribution in [0.25, 0.3) is 0 Å². The maximum absolute atomic E-state index is 5.65. The van der Waals surface area contributed by atoms with Gasteiger partial charge in [0.15, 0.2) is 0 Å². The quantitative estimate of drug-likeness (QED) is 0.734. The van der Waals surface area contributed by atoms with E-state index in [-0.39, 0.29) is 0 Å². The number of hydrogen-bond donors (Lipinski definition) is 1. The zero-order chi connectivity index (χ0) is 10.4. The molecule has 0 aromatic carbocycles. The highest BCUT2D eigenvalue weighted by Crippen LogP contribution is 2.02. The maximum atomic E-state index is 5.65. The molecular formula is C10H18ClN3. The lowest BCUT2D eigenvalue weighted by Crippen LogP contribution is -2.20. The zero-order valence-corrected chi connectivity index (χ0v) is 9.59. The lowest BCUT2D eigenvalue weighted by atomic mass is 10.1. The molecule has 1 rings (SSSR count). The van der Waals surface area contributed by atoms with Crippen LogP contribution in [0.1, 0.15) is 18.9 Å². The molecule has 0 saturated carbocycles. The molecule has 0 saturated heterocycles. The van der Waals surface area contributed by atoms with Gasteiger partial charge in [-0.1, -0.05) is 6.92 Å². The summed E-state index contributed by atoms with van der Waals surface area (Å²) >= 11 is 5.65. The van der Waals surface area contributed by atoms with E-state index >= 15 is 0 Å². The average molecular weight is 216 g/mol. The van der Waals surface area contributed by atoms with Gasteiger partial charge in [-0.15, -0.1) is 11.6 Å². The van der Waals surface area contributed by atoms with Gasteiger partial charge in [-0.2, -0.15) is 5.10 Å². The molecule has 0 aliphatic carbocycles. The number of aryl methyl sites for hydroxylation is 1. The second-order valence-corrected chi connectivity index (χ2v) is 4.11. The number of nitrogens with one attached hydrogen (secondary N) is 1. The molecule has 0 amide bonds. The molecule has 3 nitrogen and oxygen atoms in total. The van der Waals surface area contributed by atoms with Gasteiger partial charge in [0.2, 0.25) is 0 Å². The van der Waals surface area contributed by atoms with Crippen LogP contribution in [0.3, 0.4) is 0 Å². The number of hydrogen-bond acceptors (Lipinski definition) is 2. The van der Waals surface area contributed by atoms with Crippen molar-refractivity contribution in [2.75, 3.05) is 12.4 Å². The summed E-state index contributed by atoms with van der Waals surface area (Å²) in [4.78, 5) is 0. The van der Waals surface area contributed by atoms with Gasteiger partial charge < -0.3 is 5.32 Å². The molecule has 1 unspecified atom stereocenters. The Morgan fingerprint density at radius 2 is 2.43 bits per heavy atom. The number of alkyl halides is 1. The zero-order valence-electron chi connectivity index (χ0n) is 8.83. The van der Waals surface area contributed by atoms with Crippen molar-refractivity contribution in [3.8, 4) is 0 Å². The van der Waals surface area contributed by atoms with E-state index in [1.807, 2.05) is 24.1 Å². The fourth-order valence-electron chi connectivity index (χ4n) is 1.31. The summed E-state index contributed by atoms with van der Waals surface area (Å²) in [5, 5.41) is 7.49. The highest BCUT2D eigenvalue weighted by molar-refractivity contribution is 6.17. The van der Waals surface area contributed by atoms with Crippen LogP contribution >= 0.6 is 11.6 Å². The van der Waals surface area contributed by atoms with Crippen molar-refractivity contribution >= 4 is 11.6 Å². The summed E-state index contributed by atoms with van der Waals surface area (Å²) in [7, 11) is 1.93. The van der Waals surface area contributed by atoms with Crippen molar-refractivity contribution in [3.63, 3.8) is 0 Å². The molecule has 1 atom stereocenters. The SMILES string of the molecule is CC(CCCl)CNCc1cnn(C)c1. The van der Waals surface area contributed by atoms with Crippen LogP contribution < -0.4 is 5.32 Å². The molecule has 0 fully saturated rings. The fraction of sp³-hybridized carbons (Fsp3) is 0.700. The van der Waals surface area contributed by atoms with E-state index < -0.39 is 0 Å². The van der Waals surface area contributed by atoms with E-state index in [0.717, 1.165) is 25.4 Å². The first-order valence-corrected chi connectivity index (χ1v) is 5.50. The minimum atomic E-state index is 0.643. The summed E-state index contributed by atoms with van der Waals surface area (Å²) in [6.45, 7) is 4.11. The van der Waals surface area contributed by atoms with Gasteiger partial charge in [0.05, 0.1) is 6.20 Å². The third-order valence-corrected chi connectivity index (χ3v) is 2.40. The Morgan fingerprint density at radius 1 is 1.64 bits per heavy atom. The van der Waals surface area contributed by atoms with E-state index in [9.17, 15) is 0 Å². The topological polar surface area (TPSA) is 29.9 Å². The van der Waals surface area contributed by atoms with Gasteiger partial charge in [-0.25, -0.2) is 0 Å². The molecule has 0 aliphatic heterocycles. The first-order chi connectivity index (χ1) is 6.72. The van der Waals surface area contributed by atoms with Crippen LogP contribution in [-0.4, -0.2) is 22.2 Å². The number of nitrogens with zero attached hydrogens (tertiary/aromatic N) is 2. The Labute approximate surface area is 90.4 Å². The minimum Gasteiger partial charge on any atom is -0.312 e. The van der Waals surface area contributed by atoms with Crippen LogP contribution in [-0.2, 0) is 13.6 Å². The van der Waals surface area contributed by atoms with Crippen molar-refractivity contribution in [1.82, 2.24) is 15.1 Å². The predicted octanol–water partition coefficient (Wildman–Crippen LogP) is 1.77. The van der Waals surface area contributed by atoms with Crippen molar-refractivity contribution in [2.24, 2.45) is 13.0 Å². The van der Waals surface area contributed by atoms with Crippen molar-refractivity contribution in [2.45, 2.75) is 19.9 Å². The van der Waals surface area contributed by atoms with Gasteiger partial charge in [0, 0.05) is 31.2 Å². The molecule has 1 heterocycles. The second kappa shape index (κ2) is 6.04. The summed E-state index contributed by atoms with van der Waals surface area (Å²) in [6, 6.07) is 0. The highest BCUT2D eigenvalue weighted by Gasteiger charge is 2.01. The number of rotatable bonds is 6. The third kappa shape index (κ3) is 4.11. The number of halogens is 1. The molecule has 0 bridgehead atoms. The molecule has 0 aliphatic rings. The van der Waals surface area contributed by atoms with Crippen LogP contribution in [0.15, 0.2) is 12.4 Å². The Hall–Kier alpha value is -0.540. The second-order valence-electron chi connectivity index (χ2n) is 3.74. The highest BCUT2D eigenvalue weighted by atomic mass is 35.5. The monoisotopic (exact) mass is 215 g/mol. The molecule has 0 spiro atoms. The first kappa shape index (κ1) is 11.5. The smallest absolute Gasteiger partial charge is 0.0534 e. The summed E-state index contributed by atoms with van der Waals surface area (Å²) in [6.07, 6.45) is 4.99.